The number of hydrogen-bond acceptors (Lipinski definition) is 8. The summed E-state index contributed by atoms with van der Waals surface area (Å²) in [5.74, 6) is 1.47. The van der Waals surface area contributed by atoms with Crippen LogP contribution >= 0.6 is 0 Å². The molecule has 3 heterocycles. The van der Waals surface area contributed by atoms with Crippen molar-refractivity contribution in [1.29, 1.82) is 0 Å². The van der Waals surface area contributed by atoms with Gasteiger partial charge >= 0.3 is 0 Å². The van der Waals surface area contributed by atoms with Gasteiger partial charge in [-0.3, -0.25) is 4.55 Å². The van der Waals surface area contributed by atoms with Gasteiger partial charge in [0.15, 0.2) is 0 Å². The van der Waals surface area contributed by atoms with E-state index in [0.717, 1.165) is 47.7 Å². The van der Waals surface area contributed by atoms with E-state index in [1.807, 2.05) is 18.2 Å². The van der Waals surface area contributed by atoms with Crippen LogP contribution in [-0.4, -0.2) is 41.1 Å². The molecule has 1 aromatic carbocycles. The van der Waals surface area contributed by atoms with Gasteiger partial charge in [0.25, 0.3) is 10.1 Å². The number of ether oxygens (including phenoxy) is 1. The summed E-state index contributed by atoms with van der Waals surface area (Å²) < 4.78 is 38.8. The molecule has 0 radical (unpaired) electrons. The van der Waals surface area contributed by atoms with Gasteiger partial charge in [0.2, 0.25) is 0 Å². The summed E-state index contributed by atoms with van der Waals surface area (Å²) in [5.41, 5.74) is 10.4. The minimum absolute atomic E-state index is 0.201. The van der Waals surface area contributed by atoms with Gasteiger partial charge in [-0.05, 0) is 48.4 Å². The molecule has 0 atom stereocenters. The van der Waals surface area contributed by atoms with Crippen molar-refractivity contribution in [3.63, 3.8) is 0 Å². The van der Waals surface area contributed by atoms with E-state index in [4.69, 9.17) is 10.5 Å². The summed E-state index contributed by atoms with van der Waals surface area (Å²) in [7, 11) is -4.49. The fourth-order valence-electron chi connectivity index (χ4n) is 4.71. The van der Waals surface area contributed by atoms with Crippen molar-refractivity contribution >= 4 is 21.8 Å². The van der Waals surface area contributed by atoms with Gasteiger partial charge in [0.1, 0.15) is 35.2 Å². The number of anilines is 2. The maximum absolute atomic E-state index is 11.7. The molecule has 10 heteroatoms. The maximum atomic E-state index is 11.7. The summed E-state index contributed by atoms with van der Waals surface area (Å²) in [5, 5.41) is 0. The van der Waals surface area contributed by atoms with Crippen LogP contribution in [0.5, 0.6) is 5.75 Å². The van der Waals surface area contributed by atoms with Crippen LogP contribution in [0.15, 0.2) is 41.7 Å². The first-order valence-electron chi connectivity index (χ1n) is 11.2. The van der Waals surface area contributed by atoms with Crippen molar-refractivity contribution in [2.24, 2.45) is 5.41 Å². The van der Waals surface area contributed by atoms with Crippen molar-refractivity contribution in [3.05, 3.63) is 53.6 Å². The molecule has 0 saturated heterocycles. The second-order valence-electron chi connectivity index (χ2n) is 9.64. The fourth-order valence-corrected chi connectivity index (χ4v) is 5.30. The molecule has 0 amide bonds. The summed E-state index contributed by atoms with van der Waals surface area (Å²) in [6.07, 6.45) is 6.12. The molecule has 1 aliphatic carbocycles. The lowest BCUT2D eigenvalue weighted by molar-refractivity contribution is 0.310. The largest absolute Gasteiger partial charge is 0.491 e. The number of nitrogens with zero attached hydrogens (tertiary/aromatic N) is 4. The molecule has 5 rings (SSSR count). The molecule has 9 nitrogen and oxygen atoms in total. The third-order valence-corrected chi connectivity index (χ3v) is 7.42. The Kier molecular flexibility index (Phi) is 5.44. The normalized spacial score (nSPS) is 17.3. The van der Waals surface area contributed by atoms with Crippen molar-refractivity contribution in [1.82, 2.24) is 15.0 Å². The third kappa shape index (κ3) is 4.30. The first kappa shape index (κ1) is 22.5. The van der Waals surface area contributed by atoms with Crippen LogP contribution in [0.1, 0.15) is 37.1 Å². The van der Waals surface area contributed by atoms with E-state index in [9.17, 15) is 13.0 Å². The lowest BCUT2D eigenvalue weighted by Gasteiger charge is -2.33. The Hall–Kier alpha value is -3.24. The zero-order valence-corrected chi connectivity index (χ0v) is 20.0. The summed E-state index contributed by atoms with van der Waals surface area (Å²) in [4.78, 5) is 15.0. The Labute approximate surface area is 198 Å². The molecular formula is C24H27N5O4S. The number of nitrogens with two attached hydrogens (primary N) is 1. The molecule has 0 spiro atoms. The van der Waals surface area contributed by atoms with Crippen LogP contribution in [0.2, 0.25) is 0 Å². The van der Waals surface area contributed by atoms with Gasteiger partial charge in [0, 0.05) is 35.1 Å². The van der Waals surface area contributed by atoms with Crippen LogP contribution in [0.3, 0.4) is 0 Å². The van der Waals surface area contributed by atoms with E-state index in [1.54, 1.807) is 6.33 Å². The highest BCUT2D eigenvalue weighted by Crippen LogP contribution is 2.39. The standard InChI is InChI=1S/C24H27N5O4S/c1-24(2)6-5-19-18(11-24)23(28-14-27-19)29-7-8-33-20-4-3-15(9-17(20)13-29)16-10-21(34(30,31)32)22(25)26-12-16/h3-4,9-10,12,14H,5-8,11,13H2,1-2H3,(H2,25,26)(H,30,31,32). The molecular weight excluding hydrogens is 454 g/mol. The monoisotopic (exact) mass is 481 g/mol. The fraction of sp³-hybridized carbons (Fsp3) is 0.375. The van der Waals surface area contributed by atoms with Crippen molar-refractivity contribution in [2.75, 3.05) is 23.8 Å². The molecule has 2 aliphatic rings. The van der Waals surface area contributed by atoms with Crippen molar-refractivity contribution in [3.8, 4) is 16.9 Å². The Bertz CT molecular complexity index is 1370. The topological polar surface area (TPSA) is 132 Å². The molecule has 0 bridgehead atoms. The van der Waals surface area contributed by atoms with Crippen LogP contribution in [-0.2, 0) is 29.5 Å². The van der Waals surface area contributed by atoms with E-state index >= 15 is 0 Å². The minimum atomic E-state index is -4.49. The summed E-state index contributed by atoms with van der Waals surface area (Å²) in [6.45, 7) is 6.35. The maximum Gasteiger partial charge on any atom is 0.298 e. The number of hydrogen-bond donors (Lipinski definition) is 2. The first-order valence-corrected chi connectivity index (χ1v) is 12.6. The molecule has 3 aromatic rings. The first-order chi connectivity index (χ1) is 16.1. The number of benzene rings is 1. The highest BCUT2D eigenvalue weighted by molar-refractivity contribution is 7.86. The average Bonchev–Trinajstić information content (AvgIpc) is 2.99. The second kappa shape index (κ2) is 8.21. The van der Waals surface area contributed by atoms with E-state index in [-0.39, 0.29) is 11.2 Å². The Morgan fingerprint density at radius 1 is 1.15 bits per heavy atom. The van der Waals surface area contributed by atoms with Crippen LogP contribution in [0.4, 0.5) is 11.6 Å². The van der Waals surface area contributed by atoms with Gasteiger partial charge in [0.05, 0.1) is 6.54 Å². The minimum Gasteiger partial charge on any atom is -0.491 e. The second-order valence-corrected chi connectivity index (χ2v) is 11.0. The number of fused-ring (bicyclic) bond motifs is 2. The zero-order chi connectivity index (χ0) is 24.1. The van der Waals surface area contributed by atoms with Gasteiger partial charge < -0.3 is 15.4 Å². The molecule has 34 heavy (non-hydrogen) atoms. The van der Waals surface area contributed by atoms with E-state index in [1.165, 1.54) is 17.8 Å². The van der Waals surface area contributed by atoms with Crippen LogP contribution in [0, 0.1) is 5.41 Å². The van der Waals surface area contributed by atoms with Gasteiger partial charge in [-0.1, -0.05) is 19.9 Å². The SMILES string of the molecule is CC1(C)CCc2ncnc(N3CCOc4ccc(-c5cnc(N)c(S(=O)(=O)O)c5)cc4C3)c2C1. The van der Waals surface area contributed by atoms with Crippen molar-refractivity contribution < 1.29 is 17.7 Å². The number of rotatable bonds is 3. The smallest absolute Gasteiger partial charge is 0.298 e. The van der Waals surface area contributed by atoms with Crippen molar-refractivity contribution in [2.45, 2.75) is 44.6 Å². The molecule has 2 aromatic heterocycles. The molecule has 0 unspecified atom stereocenters. The molecule has 3 N–H and O–H groups in total. The summed E-state index contributed by atoms with van der Waals surface area (Å²) in [6, 6.07) is 6.99. The number of nitrogen functional groups attached to an aromatic ring is 1. The Morgan fingerprint density at radius 3 is 2.76 bits per heavy atom. The highest BCUT2D eigenvalue weighted by Gasteiger charge is 2.30. The van der Waals surface area contributed by atoms with Gasteiger partial charge in [-0.25, -0.2) is 15.0 Å². The quantitative estimate of drug-likeness (QED) is 0.541. The number of aryl methyl sites for hydroxylation is 1. The molecule has 178 valence electrons. The van der Waals surface area contributed by atoms with Gasteiger partial charge in [-0.15, -0.1) is 0 Å². The van der Waals surface area contributed by atoms with Crippen LogP contribution in [0.25, 0.3) is 11.1 Å². The van der Waals surface area contributed by atoms with Gasteiger partial charge in [-0.2, -0.15) is 8.42 Å². The predicted molar refractivity (Wildman–Crippen MR) is 128 cm³/mol. The Balaban J connectivity index is 1.52. The van der Waals surface area contributed by atoms with Crippen LogP contribution < -0.4 is 15.4 Å². The van der Waals surface area contributed by atoms with E-state index in [0.29, 0.717) is 25.3 Å². The Morgan fingerprint density at radius 2 is 1.97 bits per heavy atom. The van der Waals surface area contributed by atoms with E-state index < -0.39 is 15.0 Å². The zero-order valence-electron chi connectivity index (χ0n) is 19.2. The number of pyridine rings is 1. The molecule has 1 aliphatic heterocycles. The average molecular weight is 482 g/mol. The summed E-state index contributed by atoms with van der Waals surface area (Å²) >= 11 is 0. The molecule has 0 saturated carbocycles. The lowest BCUT2D eigenvalue weighted by Crippen LogP contribution is -2.31. The van der Waals surface area contributed by atoms with E-state index in [2.05, 4.69) is 33.7 Å². The molecule has 0 fully saturated rings. The highest BCUT2D eigenvalue weighted by atomic mass is 32.2. The lowest BCUT2D eigenvalue weighted by atomic mass is 9.76. The predicted octanol–water partition coefficient (Wildman–Crippen LogP) is 3.28. The number of aromatic nitrogens is 3. The third-order valence-electron chi connectivity index (χ3n) is 6.54.